The van der Waals surface area contributed by atoms with E-state index >= 15 is 0 Å². The number of benzene rings is 1. The van der Waals surface area contributed by atoms with Crippen LogP contribution in [0.5, 0.6) is 0 Å². The molecule has 0 radical (unpaired) electrons. The molecule has 0 saturated carbocycles. The van der Waals surface area contributed by atoms with Crippen LogP contribution in [0.15, 0.2) is 40.4 Å². The third-order valence-corrected chi connectivity index (χ3v) is 4.29. The van der Waals surface area contributed by atoms with Gasteiger partial charge in [0, 0.05) is 11.4 Å². The minimum atomic E-state index is 0.643. The monoisotopic (exact) mass is 299 g/mol. The van der Waals surface area contributed by atoms with Crippen molar-refractivity contribution in [1.82, 2.24) is 20.2 Å². The topological polar surface area (TPSA) is 66.5 Å². The maximum absolute atomic E-state index is 4.63. The molecule has 0 aliphatic heterocycles. The minimum absolute atomic E-state index is 0.643. The average Bonchev–Trinajstić information content (AvgIpc) is 2.96. The summed E-state index contributed by atoms with van der Waals surface area (Å²) < 4.78 is 0. The molecule has 2 N–H and O–H groups in total. The average molecular weight is 299 g/mol. The molecule has 0 amide bonds. The number of rotatable bonds is 5. The Morgan fingerprint density at radius 2 is 2.10 bits per heavy atom. The van der Waals surface area contributed by atoms with Crippen LogP contribution in [0.1, 0.15) is 18.9 Å². The summed E-state index contributed by atoms with van der Waals surface area (Å²) in [4.78, 5) is 10.3. The molecule has 108 valence electrons. The first-order chi connectivity index (χ1) is 10.3. The zero-order chi connectivity index (χ0) is 14.7. The number of fused-ring (bicyclic) bond motifs is 1. The van der Waals surface area contributed by atoms with Crippen LogP contribution < -0.4 is 5.32 Å². The van der Waals surface area contributed by atoms with Gasteiger partial charge < -0.3 is 5.32 Å². The Labute approximate surface area is 127 Å². The summed E-state index contributed by atoms with van der Waals surface area (Å²) in [6.45, 7) is 5.07. The zero-order valence-corrected chi connectivity index (χ0v) is 12.9. The molecule has 5 nitrogen and oxygen atoms in total. The summed E-state index contributed by atoms with van der Waals surface area (Å²) >= 11 is 1.64. The number of aryl methyl sites for hydroxylation is 1. The molecule has 0 saturated heterocycles. The van der Waals surface area contributed by atoms with Crippen molar-refractivity contribution in [2.45, 2.75) is 30.2 Å². The number of hydrogen-bond donors (Lipinski definition) is 2. The molecule has 3 aromatic rings. The van der Waals surface area contributed by atoms with Crippen LogP contribution in [0.4, 0.5) is 5.95 Å². The highest BCUT2D eigenvalue weighted by Gasteiger charge is 2.11. The van der Waals surface area contributed by atoms with Crippen molar-refractivity contribution in [2.24, 2.45) is 0 Å². The third-order valence-electron chi connectivity index (χ3n) is 3.11. The fourth-order valence-electron chi connectivity index (χ4n) is 1.98. The quantitative estimate of drug-likeness (QED) is 0.704. The van der Waals surface area contributed by atoms with E-state index in [2.05, 4.69) is 51.5 Å². The third kappa shape index (κ3) is 3.00. The molecule has 1 aromatic carbocycles. The van der Waals surface area contributed by atoms with Gasteiger partial charge in [-0.3, -0.25) is 5.10 Å². The molecule has 0 aliphatic carbocycles. The lowest BCUT2D eigenvalue weighted by atomic mass is 10.2. The van der Waals surface area contributed by atoms with Gasteiger partial charge in [-0.2, -0.15) is 10.1 Å². The van der Waals surface area contributed by atoms with E-state index in [0.717, 1.165) is 29.0 Å². The summed E-state index contributed by atoms with van der Waals surface area (Å²) in [6.07, 6.45) is 2.81. The lowest BCUT2D eigenvalue weighted by Gasteiger charge is -2.08. The summed E-state index contributed by atoms with van der Waals surface area (Å²) in [7, 11) is 0. The van der Waals surface area contributed by atoms with Gasteiger partial charge in [-0.15, -0.1) is 0 Å². The van der Waals surface area contributed by atoms with Gasteiger partial charge in [-0.05, 0) is 25.0 Å². The van der Waals surface area contributed by atoms with Crippen LogP contribution in [0.3, 0.4) is 0 Å². The summed E-state index contributed by atoms with van der Waals surface area (Å²) in [6, 6.07) is 8.29. The second-order valence-corrected chi connectivity index (χ2v) is 5.81. The number of nitrogens with zero attached hydrogens (tertiary/aromatic N) is 3. The van der Waals surface area contributed by atoms with Crippen molar-refractivity contribution in [2.75, 3.05) is 11.9 Å². The molecule has 0 spiro atoms. The Kier molecular flexibility index (Phi) is 4.06. The predicted molar refractivity (Wildman–Crippen MR) is 85.8 cm³/mol. The number of aromatic amines is 1. The van der Waals surface area contributed by atoms with E-state index < -0.39 is 0 Å². The summed E-state index contributed by atoms with van der Waals surface area (Å²) in [5.41, 5.74) is 2.00. The Morgan fingerprint density at radius 3 is 2.90 bits per heavy atom. The predicted octanol–water partition coefficient (Wildman–Crippen LogP) is 3.63. The second-order valence-electron chi connectivity index (χ2n) is 4.78. The maximum Gasteiger partial charge on any atom is 0.225 e. The van der Waals surface area contributed by atoms with Crippen molar-refractivity contribution in [1.29, 1.82) is 0 Å². The molecule has 0 aliphatic rings. The first kappa shape index (κ1) is 13.9. The van der Waals surface area contributed by atoms with Crippen LogP contribution in [0.2, 0.25) is 0 Å². The van der Waals surface area contributed by atoms with E-state index in [1.54, 1.807) is 18.0 Å². The standard InChI is InChI=1S/C15H17N5S/c1-3-8-16-15-18-13-11(9-17-20-13)14(19-15)21-12-7-5-4-6-10(12)2/h4-7,9H,3,8H2,1-2H3,(H2,16,17,18,19,20). The molecule has 3 rings (SSSR count). The summed E-state index contributed by atoms with van der Waals surface area (Å²) in [5.74, 6) is 0.643. The molecule has 2 aromatic heterocycles. The van der Waals surface area contributed by atoms with Gasteiger partial charge in [-0.25, -0.2) is 4.98 Å². The number of H-pyrrole nitrogens is 1. The van der Waals surface area contributed by atoms with Crippen LogP contribution >= 0.6 is 11.8 Å². The Morgan fingerprint density at radius 1 is 1.24 bits per heavy atom. The highest BCUT2D eigenvalue weighted by molar-refractivity contribution is 7.99. The Hall–Kier alpha value is -2.08. The largest absolute Gasteiger partial charge is 0.354 e. The molecule has 6 heteroatoms. The van der Waals surface area contributed by atoms with Gasteiger partial charge in [0.15, 0.2) is 5.65 Å². The van der Waals surface area contributed by atoms with Gasteiger partial charge in [0.2, 0.25) is 5.95 Å². The fraction of sp³-hybridized carbons (Fsp3) is 0.267. The van der Waals surface area contributed by atoms with Crippen molar-refractivity contribution in [3.8, 4) is 0 Å². The van der Waals surface area contributed by atoms with E-state index in [1.807, 2.05) is 12.1 Å². The molecule has 2 heterocycles. The molecular weight excluding hydrogens is 282 g/mol. The van der Waals surface area contributed by atoms with Crippen molar-refractivity contribution < 1.29 is 0 Å². The highest BCUT2D eigenvalue weighted by Crippen LogP contribution is 2.33. The van der Waals surface area contributed by atoms with E-state index in [9.17, 15) is 0 Å². The van der Waals surface area contributed by atoms with Crippen LogP contribution in [-0.4, -0.2) is 26.7 Å². The minimum Gasteiger partial charge on any atom is -0.354 e. The van der Waals surface area contributed by atoms with Crippen LogP contribution in [0, 0.1) is 6.92 Å². The van der Waals surface area contributed by atoms with Gasteiger partial charge in [0.25, 0.3) is 0 Å². The first-order valence-electron chi connectivity index (χ1n) is 6.96. The first-order valence-corrected chi connectivity index (χ1v) is 7.78. The lowest BCUT2D eigenvalue weighted by molar-refractivity contribution is 0.943. The van der Waals surface area contributed by atoms with Crippen LogP contribution in [-0.2, 0) is 0 Å². The van der Waals surface area contributed by atoms with E-state index in [4.69, 9.17) is 0 Å². The smallest absolute Gasteiger partial charge is 0.225 e. The molecule has 21 heavy (non-hydrogen) atoms. The molecular formula is C15H17N5S. The van der Waals surface area contributed by atoms with Crippen molar-refractivity contribution in [3.05, 3.63) is 36.0 Å². The second kappa shape index (κ2) is 6.13. The normalized spacial score (nSPS) is 11.0. The zero-order valence-electron chi connectivity index (χ0n) is 12.1. The van der Waals surface area contributed by atoms with Crippen molar-refractivity contribution in [3.63, 3.8) is 0 Å². The van der Waals surface area contributed by atoms with Gasteiger partial charge in [0.1, 0.15) is 5.03 Å². The number of hydrogen-bond acceptors (Lipinski definition) is 5. The molecule has 0 bridgehead atoms. The molecule has 0 unspecified atom stereocenters. The Bertz CT molecular complexity index is 753. The number of nitrogens with one attached hydrogen (secondary N) is 2. The Balaban J connectivity index is 2.00. The lowest BCUT2D eigenvalue weighted by Crippen LogP contribution is -2.05. The van der Waals surface area contributed by atoms with Crippen LogP contribution in [0.25, 0.3) is 11.0 Å². The maximum atomic E-state index is 4.63. The van der Waals surface area contributed by atoms with Gasteiger partial charge in [0.05, 0.1) is 11.6 Å². The highest BCUT2D eigenvalue weighted by atomic mass is 32.2. The SMILES string of the molecule is CCCNc1nc(Sc2ccccc2C)c2cn[nH]c2n1. The summed E-state index contributed by atoms with van der Waals surface area (Å²) in [5, 5.41) is 12.1. The molecule has 0 atom stereocenters. The number of aromatic nitrogens is 4. The van der Waals surface area contributed by atoms with E-state index in [1.165, 1.54) is 10.5 Å². The van der Waals surface area contributed by atoms with E-state index in [0.29, 0.717) is 5.95 Å². The molecule has 0 fully saturated rings. The van der Waals surface area contributed by atoms with Gasteiger partial charge in [-0.1, -0.05) is 36.9 Å². The van der Waals surface area contributed by atoms with Crippen molar-refractivity contribution >= 4 is 28.7 Å². The number of anilines is 1. The fourth-order valence-corrected chi connectivity index (χ4v) is 2.95. The van der Waals surface area contributed by atoms with E-state index in [-0.39, 0.29) is 0 Å². The van der Waals surface area contributed by atoms with Gasteiger partial charge >= 0.3 is 0 Å².